The fourth-order valence-corrected chi connectivity index (χ4v) is 5.59. The van der Waals surface area contributed by atoms with E-state index in [-0.39, 0.29) is 18.2 Å². The quantitative estimate of drug-likeness (QED) is 0.199. The van der Waals surface area contributed by atoms with Crippen molar-refractivity contribution in [3.05, 3.63) is 130 Å². The Morgan fingerprint density at radius 1 is 0.800 bits per heavy atom. The van der Waals surface area contributed by atoms with Crippen LogP contribution in [0.2, 0.25) is 5.02 Å². The standard InChI is InChI=1S/C33H28ClN3O2S/c1-21-12-16-24(17-13-21)30-31(25-18-14-22(2)15-19-25)40-33(37-30)36-29(38)20-28(23-8-4-3-5-9-23)35-32(39)26-10-6-7-11-27(26)34/h3-19,28H,20H2,1-2H3,(H,35,39)(H,36,37,38). The van der Waals surface area contributed by atoms with Gasteiger partial charge in [-0.1, -0.05) is 125 Å². The van der Waals surface area contributed by atoms with E-state index in [1.54, 1.807) is 24.3 Å². The van der Waals surface area contributed by atoms with Crippen LogP contribution in [0.15, 0.2) is 103 Å². The molecule has 40 heavy (non-hydrogen) atoms. The SMILES string of the molecule is Cc1ccc(-c2nc(NC(=O)CC(NC(=O)c3ccccc3Cl)c3ccccc3)sc2-c2ccc(C)cc2)cc1. The number of nitrogens with one attached hydrogen (secondary N) is 2. The minimum absolute atomic E-state index is 0.0273. The molecule has 1 heterocycles. The van der Waals surface area contributed by atoms with Crippen LogP contribution in [0.5, 0.6) is 0 Å². The molecule has 2 N–H and O–H groups in total. The number of anilines is 1. The second-order valence-electron chi connectivity index (χ2n) is 9.60. The van der Waals surface area contributed by atoms with E-state index < -0.39 is 6.04 Å². The van der Waals surface area contributed by atoms with Gasteiger partial charge in [0.1, 0.15) is 0 Å². The predicted octanol–water partition coefficient (Wildman–Crippen LogP) is 8.25. The first-order valence-corrected chi connectivity index (χ1v) is 14.1. The third-order valence-corrected chi connectivity index (χ3v) is 7.88. The molecular weight excluding hydrogens is 538 g/mol. The highest BCUT2D eigenvalue weighted by molar-refractivity contribution is 7.19. The summed E-state index contributed by atoms with van der Waals surface area (Å²) in [5.74, 6) is -0.599. The van der Waals surface area contributed by atoms with Crippen LogP contribution < -0.4 is 10.6 Å². The maximum atomic E-state index is 13.3. The second kappa shape index (κ2) is 12.3. The number of carbonyl (C=O) groups is 2. The number of halogens is 1. The number of benzene rings is 4. The molecule has 5 aromatic rings. The molecule has 1 atom stereocenters. The number of carbonyl (C=O) groups excluding carboxylic acids is 2. The predicted molar refractivity (Wildman–Crippen MR) is 164 cm³/mol. The van der Waals surface area contributed by atoms with Gasteiger partial charge in [0.25, 0.3) is 5.91 Å². The molecule has 4 aromatic carbocycles. The van der Waals surface area contributed by atoms with Crippen LogP contribution in [-0.2, 0) is 4.79 Å². The van der Waals surface area contributed by atoms with Crippen molar-refractivity contribution in [1.29, 1.82) is 0 Å². The molecule has 1 aromatic heterocycles. The van der Waals surface area contributed by atoms with Crippen LogP contribution in [-0.4, -0.2) is 16.8 Å². The summed E-state index contributed by atoms with van der Waals surface area (Å²) in [7, 11) is 0. The summed E-state index contributed by atoms with van der Waals surface area (Å²) < 4.78 is 0. The number of hydrogen-bond acceptors (Lipinski definition) is 4. The van der Waals surface area contributed by atoms with Crippen LogP contribution in [0.4, 0.5) is 5.13 Å². The molecular formula is C33H28ClN3O2S. The zero-order chi connectivity index (χ0) is 28.1. The lowest BCUT2D eigenvalue weighted by atomic mass is 10.0. The van der Waals surface area contributed by atoms with Gasteiger partial charge in [-0.15, -0.1) is 0 Å². The highest BCUT2D eigenvalue weighted by Gasteiger charge is 2.22. The summed E-state index contributed by atoms with van der Waals surface area (Å²) in [6.07, 6.45) is 0.0273. The zero-order valence-corrected chi connectivity index (χ0v) is 23.7. The molecule has 1 unspecified atom stereocenters. The molecule has 0 saturated carbocycles. The Bertz CT molecular complexity index is 1570. The van der Waals surface area contributed by atoms with E-state index in [0.29, 0.717) is 15.7 Å². The van der Waals surface area contributed by atoms with Crippen LogP contribution in [0.3, 0.4) is 0 Å². The number of nitrogens with zero attached hydrogens (tertiary/aromatic N) is 1. The molecule has 5 nitrogen and oxygen atoms in total. The van der Waals surface area contributed by atoms with Crippen molar-refractivity contribution in [1.82, 2.24) is 10.3 Å². The van der Waals surface area contributed by atoms with E-state index in [4.69, 9.17) is 16.6 Å². The summed E-state index contributed by atoms with van der Waals surface area (Å²) in [5, 5.41) is 6.82. The molecule has 0 aliphatic carbocycles. The summed E-state index contributed by atoms with van der Waals surface area (Å²) in [5.41, 5.74) is 6.34. The van der Waals surface area contributed by atoms with Gasteiger partial charge in [0.05, 0.1) is 33.6 Å². The van der Waals surface area contributed by atoms with Gasteiger partial charge in [-0.3, -0.25) is 9.59 Å². The minimum atomic E-state index is -0.557. The summed E-state index contributed by atoms with van der Waals surface area (Å²) in [6.45, 7) is 4.10. The third kappa shape index (κ3) is 6.47. The first-order chi connectivity index (χ1) is 19.4. The summed E-state index contributed by atoms with van der Waals surface area (Å²) >= 11 is 7.68. The lowest BCUT2D eigenvalue weighted by molar-refractivity contribution is -0.116. The molecule has 7 heteroatoms. The van der Waals surface area contributed by atoms with Crippen molar-refractivity contribution in [2.75, 3.05) is 5.32 Å². The maximum Gasteiger partial charge on any atom is 0.253 e. The fraction of sp³-hybridized carbons (Fsp3) is 0.121. The largest absolute Gasteiger partial charge is 0.345 e. The second-order valence-corrected chi connectivity index (χ2v) is 11.0. The van der Waals surface area contributed by atoms with Gasteiger partial charge in [0.2, 0.25) is 5.91 Å². The molecule has 0 aliphatic rings. The molecule has 0 bridgehead atoms. The highest BCUT2D eigenvalue weighted by Crippen LogP contribution is 2.39. The highest BCUT2D eigenvalue weighted by atomic mass is 35.5. The van der Waals surface area contributed by atoms with Crippen molar-refractivity contribution in [3.63, 3.8) is 0 Å². The van der Waals surface area contributed by atoms with Crippen molar-refractivity contribution in [2.24, 2.45) is 0 Å². The lowest BCUT2D eigenvalue weighted by Gasteiger charge is -2.19. The Morgan fingerprint density at radius 2 is 1.40 bits per heavy atom. The number of aromatic nitrogens is 1. The van der Waals surface area contributed by atoms with E-state index in [2.05, 4.69) is 54.0 Å². The molecule has 200 valence electrons. The van der Waals surface area contributed by atoms with Gasteiger partial charge in [0.15, 0.2) is 5.13 Å². The smallest absolute Gasteiger partial charge is 0.253 e. The normalized spacial score (nSPS) is 11.6. The van der Waals surface area contributed by atoms with Gasteiger partial charge >= 0.3 is 0 Å². The van der Waals surface area contributed by atoms with Crippen molar-refractivity contribution >= 4 is 39.9 Å². The van der Waals surface area contributed by atoms with Crippen molar-refractivity contribution in [3.8, 4) is 21.7 Å². The average molecular weight is 566 g/mol. The van der Waals surface area contributed by atoms with Gasteiger partial charge in [-0.25, -0.2) is 4.98 Å². The van der Waals surface area contributed by atoms with Crippen molar-refractivity contribution in [2.45, 2.75) is 26.3 Å². The van der Waals surface area contributed by atoms with E-state index >= 15 is 0 Å². The number of rotatable bonds is 8. The lowest BCUT2D eigenvalue weighted by Crippen LogP contribution is -2.31. The minimum Gasteiger partial charge on any atom is -0.345 e. The third-order valence-electron chi connectivity index (χ3n) is 6.53. The number of amides is 2. The number of thiazole rings is 1. The van der Waals surface area contributed by atoms with E-state index in [1.165, 1.54) is 16.9 Å². The Hall–Kier alpha value is -4.26. The van der Waals surface area contributed by atoms with Gasteiger partial charge in [-0.05, 0) is 37.1 Å². The summed E-state index contributed by atoms with van der Waals surface area (Å²) in [6, 6.07) is 32.2. The number of aryl methyl sites for hydroxylation is 2. The summed E-state index contributed by atoms with van der Waals surface area (Å²) in [4.78, 5) is 32.2. The van der Waals surface area contributed by atoms with Crippen LogP contribution in [0.1, 0.15) is 39.5 Å². The van der Waals surface area contributed by atoms with Gasteiger partial charge < -0.3 is 10.6 Å². The van der Waals surface area contributed by atoms with Crippen LogP contribution >= 0.6 is 22.9 Å². The Morgan fingerprint density at radius 3 is 2.05 bits per heavy atom. The molecule has 0 radical (unpaired) electrons. The Kier molecular flexibility index (Phi) is 8.39. The monoisotopic (exact) mass is 565 g/mol. The Balaban J connectivity index is 1.41. The first kappa shape index (κ1) is 27.3. The molecule has 5 rings (SSSR count). The number of hydrogen-bond donors (Lipinski definition) is 2. The van der Waals surface area contributed by atoms with Crippen molar-refractivity contribution < 1.29 is 9.59 Å². The molecule has 0 spiro atoms. The first-order valence-electron chi connectivity index (χ1n) is 12.9. The Labute approximate surface area is 242 Å². The molecule has 0 saturated heterocycles. The zero-order valence-electron chi connectivity index (χ0n) is 22.1. The molecule has 0 aliphatic heterocycles. The van der Waals surface area contributed by atoms with Crippen LogP contribution in [0.25, 0.3) is 21.7 Å². The van der Waals surface area contributed by atoms with Gasteiger partial charge in [-0.2, -0.15) is 0 Å². The molecule has 0 fully saturated rings. The van der Waals surface area contributed by atoms with E-state index in [0.717, 1.165) is 32.8 Å². The van der Waals surface area contributed by atoms with Crippen LogP contribution in [0, 0.1) is 13.8 Å². The van der Waals surface area contributed by atoms with E-state index in [9.17, 15) is 9.59 Å². The fourth-order valence-electron chi connectivity index (χ4n) is 4.36. The average Bonchev–Trinajstić information content (AvgIpc) is 3.37. The van der Waals surface area contributed by atoms with E-state index in [1.807, 2.05) is 49.4 Å². The molecule has 2 amide bonds. The topological polar surface area (TPSA) is 71.1 Å². The van der Waals surface area contributed by atoms with Gasteiger partial charge in [0, 0.05) is 5.56 Å². The maximum absolute atomic E-state index is 13.3.